The lowest BCUT2D eigenvalue weighted by molar-refractivity contribution is -0.119. The first-order valence-electron chi connectivity index (χ1n) is 5.59. The molecule has 0 spiro atoms. The highest BCUT2D eigenvalue weighted by Gasteiger charge is 2.21. The van der Waals surface area contributed by atoms with Gasteiger partial charge < -0.3 is 15.8 Å². The highest BCUT2D eigenvalue weighted by Crippen LogP contribution is 2.25. The molecule has 0 aromatic heterocycles. The molecule has 5 heteroatoms. The molecule has 1 aromatic rings. The molecule has 92 valence electrons. The molecule has 0 aliphatic carbocycles. The van der Waals surface area contributed by atoms with Crippen molar-refractivity contribution >= 4 is 17.5 Å². The predicted molar refractivity (Wildman–Crippen MR) is 66.0 cm³/mol. The Labute approximate surface area is 105 Å². The summed E-state index contributed by atoms with van der Waals surface area (Å²) < 4.78 is 5.58. The van der Waals surface area contributed by atoms with Crippen LogP contribution in [-0.4, -0.2) is 18.6 Å². The van der Waals surface area contributed by atoms with E-state index in [2.05, 4.69) is 5.32 Å². The number of amides is 1. The van der Waals surface area contributed by atoms with Gasteiger partial charge in [0.15, 0.2) is 0 Å². The van der Waals surface area contributed by atoms with E-state index in [4.69, 9.17) is 22.1 Å². The van der Waals surface area contributed by atoms with Gasteiger partial charge in [-0.1, -0.05) is 17.7 Å². The van der Waals surface area contributed by atoms with Crippen LogP contribution in [0.1, 0.15) is 18.4 Å². The van der Waals surface area contributed by atoms with E-state index < -0.39 is 0 Å². The van der Waals surface area contributed by atoms with E-state index in [9.17, 15) is 4.79 Å². The molecular formula is C12H15ClN2O2. The maximum Gasteiger partial charge on any atom is 0.220 e. The first-order chi connectivity index (χ1) is 8.19. The van der Waals surface area contributed by atoms with Crippen LogP contribution in [-0.2, 0) is 11.3 Å². The van der Waals surface area contributed by atoms with Gasteiger partial charge in [0.05, 0.1) is 11.1 Å². The summed E-state index contributed by atoms with van der Waals surface area (Å²) in [7, 11) is 0. The number of ether oxygens (including phenoxy) is 1. The Morgan fingerprint density at radius 3 is 2.94 bits per heavy atom. The second-order valence-electron chi connectivity index (χ2n) is 4.08. The lowest BCUT2D eigenvalue weighted by Gasteiger charge is -2.13. The van der Waals surface area contributed by atoms with Gasteiger partial charge in [-0.3, -0.25) is 4.79 Å². The standard InChI is InChI=1S/C12H15ClN2O2/c13-10-5-8(6-14)1-3-11(10)17-7-9-2-4-12(16)15-9/h1,3,5,9H,2,4,6-7,14H2,(H,15,16). The normalized spacial score (nSPS) is 19.2. The topological polar surface area (TPSA) is 64.3 Å². The van der Waals surface area contributed by atoms with Crippen molar-refractivity contribution in [2.45, 2.75) is 25.4 Å². The van der Waals surface area contributed by atoms with Crippen molar-refractivity contribution in [1.82, 2.24) is 5.32 Å². The molecule has 2 rings (SSSR count). The van der Waals surface area contributed by atoms with Crippen LogP contribution in [0.15, 0.2) is 18.2 Å². The van der Waals surface area contributed by atoms with Crippen LogP contribution in [0.25, 0.3) is 0 Å². The van der Waals surface area contributed by atoms with E-state index in [0.717, 1.165) is 12.0 Å². The van der Waals surface area contributed by atoms with Crippen molar-refractivity contribution in [2.75, 3.05) is 6.61 Å². The van der Waals surface area contributed by atoms with Crippen molar-refractivity contribution in [1.29, 1.82) is 0 Å². The third-order valence-electron chi connectivity index (χ3n) is 2.76. The zero-order chi connectivity index (χ0) is 12.3. The van der Waals surface area contributed by atoms with Gasteiger partial charge in [-0.15, -0.1) is 0 Å². The number of benzene rings is 1. The van der Waals surface area contributed by atoms with Gasteiger partial charge in [-0.05, 0) is 24.1 Å². The fourth-order valence-corrected chi connectivity index (χ4v) is 2.04. The van der Waals surface area contributed by atoms with E-state index in [-0.39, 0.29) is 11.9 Å². The molecule has 1 atom stereocenters. The van der Waals surface area contributed by atoms with Gasteiger partial charge in [-0.25, -0.2) is 0 Å². The number of carbonyl (C=O) groups is 1. The average molecular weight is 255 g/mol. The Morgan fingerprint density at radius 1 is 1.53 bits per heavy atom. The summed E-state index contributed by atoms with van der Waals surface area (Å²) in [6.45, 7) is 0.909. The quantitative estimate of drug-likeness (QED) is 0.855. The van der Waals surface area contributed by atoms with Gasteiger partial charge in [-0.2, -0.15) is 0 Å². The van der Waals surface area contributed by atoms with Crippen molar-refractivity contribution in [3.8, 4) is 5.75 Å². The Hall–Kier alpha value is -1.26. The van der Waals surface area contributed by atoms with Crippen LogP contribution in [0.2, 0.25) is 5.02 Å². The summed E-state index contributed by atoms with van der Waals surface area (Å²) in [5.74, 6) is 0.716. The highest BCUT2D eigenvalue weighted by atomic mass is 35.5. The second-order valence-corrected chi connectivity index (χ2v) is 4.49. The van der Waals surface area contributed by atoms with Crippen LogP contribution in [0.5, 0.6) is 5.75 Å². The van der Waals surface area contributed by atoms with Gasteiger partial charge in [0.2, 0.25) is 5.91 Å². The van der Waals surface area contributed by atoms with E-state index in [1.807, 2.05) is 6.07 Å². The highest BCUT2D eigenvalue weighted by molar-refractivity contribution is 6.32. The molecule has 1 aromatic carbocycles. The number of carbonyl (C=O) groups excluding carboxylic acids is 1. The van der Waals surface area contributed by atoms with Gasteiger partial charge in [0, 0.05) is 13.0 Å². The zero-order valence-electron chi connectivity index (χ0n) is 9.41. The van der Waals surface area contributed by atoms with Crippen LogP contribution in [0.4, 0.5) is 0 Å². The molecule has 3 N–H and O–H groups in total. The molecule has 1 aliphatic heterocycles. The number of nitrogens with one attached hydrogen (secondary N) is 1. The second kappa shape index (κ2) is 5.38. The van der Waals surface area contributed by atoms with Crippen LogP contribution < -0.4 is 15.8 Å². The first-order valence-corrected chi connectivity index (χ1v) is 5.97. The summed E-state index contributed by atoms with van der Waals surface area (Å²) in [6, 6.07) is 5.58. The largest absolute Gasteiger partial charge is 0.490 e. The third kappa shape index (κ3) is 3.11. The average Bonchev–Trinajstić information content (AvgIpc) is 2.73. The van der Waals surface area contributed by atoms with Crippen molar-refractivity contribution in [3.63, 3.8) is 0 Å². The molecular weight excluding hydrogens is 240 g/mol. The van der Waals surface area contributed by atoms with E-state index in [1.54, 1.807) is 12.1 Å². The predicted octanol–water partition coefficient (Wildman–Crippen LogP) is 1.46. The van der Waals surface area contributed by atoms with E-state index in [1.165, 1.54) is 0 Å². The lowest BCUT2D eigenvalue weighted by atomic mass is 10.2. The van der Waals surface area contributed by atoms with Crippen LogP contribution in [0, 0.1) is 0 Å². The molecule has 4 nitrogen and oxygen atoms in total. The number of hydrogen-bond donors (Lipinski definition) is 2. The Morgan fingerprint density at radius 2 is 2.35 bits per heavy atom. The maximum absolute atomic E-state index is 11.0. The third-order valence-corrected chi connectivity index (χ3v) is 3.05. The molecule has 1 fully saturated rings. The maximum atomic E-state index is 11.0. The molecule has 1 heterocycles. The fraction of sp³-hybridized carbons (Fsp3) is 0.417. The number of rotatable bonds is 4. The summed E-state index contributed by atoms with van der Waals surface area (Å²) in [5, 5.41) is 3.39. The minimum absolute atomic E-state index is 0.0863. The molecule has 0 radical (unpaired) electrons. The summed E-state index contributed by atoms with van der Waals surface area (Å²) in [6.07, 6.45) is 1.39. The van der Waals surface area contributed by atoms with Crippen molar-refractivity contribution < 1.29 is 9.53 Å². The Bertz CT molecular complexity index is 423. The lowest BCUT2D eigenvalue weighted by Crippen LogP contribution is -2.30. The molecule has 1 aliphatic rings. The Balaban J connectivity index is 1.92. The van der Waals surface area contributed by atoms with Crippen molar-refractivity contribution in [3.05, 3.63) is 28.8 Å². The summed E-state index contributed by atoms with van der Waals surface area (Å²) in [4.78, 5) is 11.0. The smallest absolute Gasteiger partial charge is 0.220 e. The molecule has 0 saturated carbocycles. The summed E-state index contributed by atoms with van der Waals surface area (Å²) >= 11 is 6.05. The van der Waals surface area contributed by atoms with Crippen molar-refractivity contribution in [2.24, 2.45) is 5.73 Å². The first kappa shape index (κ1) is 12.2. The molecule has 0 bridgehead atoms. The molecule has 1 unspecified atom stereocenters. The molecule has 1 saturated heterocycles. The molecule has 17 heavy (non-hydrogen) atoms. The number of halogens is 1. The molecule has 1 amide bonds. The summed E-state index contributed by atoms with van der Waals surface area (Å²) in [5.41, 5.74) is 6.48. The Kier molecular flexibility index (Phi) is 3.86. The minimum Gasteiger partial charge on any atom is -0.490 e. The van der Waals surface area contributed by atoms with Gasteiger partial charge in [0.25, 0.3) is 0 Å². The number of hydrogen-bond acceptors (Lipinski definition) is 3. The fourth-order valence-electron chi connectivity index (χ4n) is 1.78. The van der Waals surface area contributed by atoms with E-state index >= 15 is 0 Å². The van der Waals surface area contributed by atoms with Crippen LogP contribution in [0.3, 0.4) is 0 Å². The zero-order valence-corrected chi connectivity index (χ0v) is 10.2. The van der Waals surface area contributed by atoms with Crippen LogP contribution >= 0.6 is 11.6 Å². The van der Waals surface area contributed by atoms with E-state index in [0.29, 0.717) is 30.3 Å². The monoisotopic (exact) mass is 254 g/mol. The minimum atomic E-state index is 0.0863. The van der Waals surface area contributed by atoms with Gasteiger partial charge >= 0.3 is 0 Å². The van der Waals surface area contributed by atoms with Gasteiger partial charge in [0.1, 0.15) is 12.4 Å². The SMILES string of the molecule is NCc1ccc(OCC2CCC(=O)N2)c(Cl)c1. The number of nitrogens with two attached hydrogens (primary N) is 1.